The van der Waals surface area contributed by atoms with Crippen molar-refractivity contribution < 1.29 is 14.6 Å². The van der Waals surface area contributed by atoms with Crippen molar-refractivity contribution in [1.82, 2.24) is 0 Å². The summed E-state index contributed by atoms with van der Waals surface area (Å²) in [6.07, 6.45) is 2.45. The Morgan fingerprint density at radius 3 is 2.70 bits per heavy atom. The second-order valence-corrected chi connectivity index (χ2v) is 2.07. The number of hydrogen-bond acceptors (Lipinski definition) is 3. The molecule has 3 heteroatoms. The lowest BCUT2D eigenvalue weighted by Crippen LogP contribution is -2.08. The van der Waals surface area contributed by atoms with Gasteiger partial charge in [0.1, 0.15) is 0 Å². The van der Waals surface area contributed by atoms with Crippen LogP contribution >= 0.6 is 0 Å². The molecule has 0 aliphatic carbocycles. The Hall–Kier alpha value is -0.830. The van der Waals surface area contributed by atoms with E-state index in [1.807, 2.05) is 0 Å². The molecule has 0 radical (unpaired) electrons. The molecule has 3 nitrogen and oxygen atoms in total. The predicted octanol–water partition coefficient (Wildman–Crippen LogP) is 0.486. The number of esters is 1. The second kappa shape index (κ2) is 4.99. The van der Waals surface area contributed by atoms with Crippen molar-refractivity contribution in [3.63, 3.8) is 0 Å². The maximum atomic E-state index is 10.6. The van der Waals surface area contributed by atoms with Crippen molar-refractivity contribution in [2.75, 3.05) is 6.61 Å². The summed E-state index contributed by atoms with van der Waals surface area (Å²) in [6.45, 7) is 3.41. The summed E-state index contributed by atoms with van der Waals surface area (Å²) in [7, 11) is 0. The number of rotatable bonds is 3. The third-order valence-corrected chi connectivity index (χ3v) is 0.711. The third kappa shape index (κ3) is 5.31. The highest BCUT2D eigenvalue weighted by Gasteiger charge is 1.97. The molecule has 0 aromatic heterocycles. The molecule has 0 saturated carbocycles. The molecular formula is C7H12O3. The summed E-state index contributed by atoms with van der Waals surface area (Å²) in [5.74, 6) is -0.413. The monoisotopic (exact) mass is 144 g/mol. The first kappa shape index (κ1) is 9.17. The zero-order chi connectivity index (χ0) is 7.98. The smallest absolute Gasteiger partial charge is 0.330 e. The van der Waals surface area contributed by atoms with Crippen molar-refractivity contribution in [2.24, 2.45) is 0 Å². The van der Waals surface area contributed by atoms with Gasteiger partial charge in [-0.1, -0.05) is 6.08 Å². The Labute approximate surface area is 60.3 Å². The van der Waals surface area contributed by atoms with Crippen molar-refractivity contribution in [2.45, 2.75) is 20.0 Å². The van der Waals surface area contributed by atoms with Crippen LogP contribution in [0.15, 0.2) is 12.2 Å². The fourth-order valence-electron chi connectivity index (χ4n) is 0.421. The van der Waals surface area contributed by atoms with Crippen LogP contribution in [0.5, 0.6) is 0 Å². The lowest BCUT2D eigenvalue weighted by Gasteiger charge is -2.03. The first-order valence-electron chi connectivity index (χ1n) is 3.15. The number of carbonyl (C=O) groups is 1. The molecule has 0 spiro atoms. The maximum Gasteiger partial charge on any atom is 0.330 e. The summed E-state index contributed by atoms with van der Waals surface area (Å²) in [5.41, 5.74) is 0. The molecule has 0 amide bonds. The van der Waals surface area contributed by atoms with Crippen LogP contribution in [-0.4, -0.2) is 23.8 Å². The lowest BCUT2D eigenvalue weighted by molar-refractivity contribution is -0.141. The molecule has 0 aromatic rings. The van der Waals surface area contributed by atoms with Crippen LogP contribution in [0.2, 0.25) is 0 Å². The minimum atomic E-state index is -0.413. The first-order valence-corrected chi connectivity index (χ1v) is 3.15. The Balaban J connectivity index is 3.54. The van der Waals surface area contributed by atoms with Gasteiger partial charge in [0.2, 0.25) is 0 Å². The van der Waals surface area contributed by atoms with Crippen LogP contribution in [0.25, 0.3) is 0 Å². The van der Waals surface area contributed by atoms with E-state index in [-0.39, 0.29) is 12.7 Å². The highest BCUT2D eigenvalue weighted by Crippen LogP contribution is 1.89. The van der Waals surface area contributed by atoms with Gasteiger partial charge in [0.25, 0.3) is 0 Å². The van der Waals surface area contributed by atoms with Gasteiger partial charge in [-0.25, -0.2) is 4.79 Å². The molecule has 10 heavy (non-hydrogen) atoms. The van der Waals surface area contributed by atoms with Gasteiger partial charge in [-0.15, -0.1) is 0 Å². The van der Waals surface area contributed by atoms with Crippen molar-refractivity contribution in [1.29, 1.82) is 0 Å². The van der Waals surface area contributed by atoms with Crippen molar-refractivity contribution in [3.05, 3.63) is 12.2 Å². The lowest BCUT2D eigenvalue weighted by atomic mass is 10.4. The van der Waals surface area contributed by atoms with Gasteiger partial charge in [0, 0.05) is 6.08 Å². The quantitative estimate of drug-likeness (QED) is 0.463. The van der Waals surface area contributed by atoms with E-state index in [1.54, 1.807) is 13.8 Å². The van der Waals surface area contributed by atoms with Crippen LogP contribution in [0.1, 0.15) is 13.8 Å². The minimum absolute atomic E-state index is 0.101. The average molecular weight is 144 g/mol. The van der Waals surface area contributed by atoms with Crippen LogP contribution in [-0.2, 0) is 9.53 Å². The molecular weight excluding hydrogens is 132 g/mol. The van der Waals surface area contributed by atoms with E-state index in [0.29, 0.717) is 0 Å². The van der Waals surface area contributed by atoms with E-state index in [1.165, 1.54) is 12.2 Å². The van der Waals surface area contributed by atoms with E-state index in [0.717, 1.165) is 0 Å². The Morgan fingerprint density at radius 1 is 1.70 bits per heavy atom. The van der Waals surface area contributed by atoms with Gasteiger partial charge in [-0.3, -0.25) is 0 Å². The number of aliphatic hydroxyl groups is 1. The molecule has 0 aliphatic heterocycles. The van der Waals surface area contributed by atoms with Gasteiger partial charge in [-0.05, 0) is 13.8 Å². The maximum absolute atomic E-state index is 10.6. The zero-order valence-corrected chi connectivity index (χ0v) is 6.20. The van der Waals surface area contributed by atoms with Crippen LogP contribution in [0.3, 0.4) is 0 Å². The summed E-state index contributed by atoms with van der Waals surface area (Å²) < 4.78 is 4.72. The topological polar surface area (TPSA) is 46.5 Å². The number of carbonyl (C=O) groups excluding carboxylic acids is 1. The summed E-state index contributed by atoms with van der Waals surface area (Å²) >= 11 is 0. The summed E-state index contributed by atoms with van der Waals surface area (Å²) in [4.78, 5) is 10.6. The minimum Gasteiger partial charge on any atom is -0.460 e. The Morgan fingerprint density at radius 2 is 2.30 bits per heavy atom. The normalized spacial score (nSPS) is 10.8. The van der Waals surface area contributed by atoms with Gasteiger partial charge < -0.3 is 9.84 Å². The first-order chi connectivity index (χ1) is 4.66. The van der Waals surface area contributed by atoms with E-state index in [2.05, 4.69) is 0 Å². The van der Waals surface area contributed by atoms with Crippen LogP contribution < -0.4 is 0 Å². The molecule has 0 atom stereocenters. The van der Waals surface area contributed by atoms with Crippen molar-refractivity contribution >= 4 is 5.97 Å². The van der Waals surface area contributed by atoms with Crippen LogP contribution in [0.4, 0.5) is 0 Å². The number of hydrogen-bond donors (Lipinski definition) is 1. The molecule has 1 N–H and O–H groups in total. The molecule has 0 fully saturated rings. The molecule has 0 saturated heterocycles. The second-order valence-electron chi connectivity index (χ2n) is 2.07. The average Bonchev–Trinajstić information content (AvgIpc) is 1.82. The van der Waals surface area contributed by atoms with Gasteiger partial charge in [0.15, 0.2) is 0 Å². The van der Waals surface area contributed by atoms with Crippen LogP contribution in [0, 0.1) is 0 Å². The van der Waals surface area contributed by atoms with Gasteiger partial charge >= 0.3 is 5.97 Å². The van der Waals surface area contributed by atoms with E-state index in [4.69, 9.17) is 9.84 Å². The standard InChI is InChI=1S/C7H12O3/c1-6(2)10-7(9)4-3-5-8/h3-4,6,8H,5H2,1-2H3. The summed E-state index contributed by atoms with van der Waals surface area (Å²) in [5, 5.41) is 8.25. The molecule has 0 aromatic carbocycles. The van der Waals surface area contributed by atoms with Crippen molar-refractivity contribution in [3.8, 4) is 0 Å². The molecule has 0 bridgehead atoms. The number of aliphatic hydroxyl groups excluding tert-OH is 1. The highest BCUT2D eigenvalue weighted by molar-refractivity contribution is 5.81. The Bertz CT molecular complexity index is 127. The van der Waals surface area contributed by atoms with E-state index in [9.17, 15) is 4.79 Å². The molecule has 58 valence electrons. The fraction of sp³-hybridized carbons (Fsp3) is 0.571. The predicted molar refractivity (Wildman–Crippen MR) is 37.5 cm³/mol. The van der Waals surface area contributed by atoms with E-state index >= 15 is 0 Å². The Kier molecular flexibility index (Phi) is 4.58. The van der Waals surface area contributed by atoms with Gasteiger partial charge in [-0.2, -0.15) is 0 Å². The summed E-state index contributed by atoms with van der Waals surface area (Å²) in [6, 6.07) is 0. The zero-order valence-electron chi connectivity index (χ0n) is 6.20. The molecule has 0 rings (SSSR count). The number of ether oxygens (including phenoxy) is 1. The molecule has 0 unspecified atom stereocenters. The molecule has 0 aliphatic rings. The SMILES string of the molecule is CC(C)OC(=O)C=CCO. The molecule has 0 heterocycles. The van der Waals surface area contributed by atoms with Gasteiger partial charge in [0.05, 0.1) is 12.7 Å². The largest absolute Gasteiger partial charge is 0.460 e. The highest BCUT2D eigenvalue weighted by atomic mass is 16.5. The van der Waals surface area contributed by atoms with E-state index < -0.39 is 5.97 Å². The fourth-order valence-corrected chi connectivity index (χ4v) is 0.421. The third-order valence-electron chi connectivity index (χ3n) is 0.711.